The Hall–Kier alpha value is -2.72. The van der Waals surface area contributed by atoms with E-state index in [0.29, 0.717) is 18.4 Å². The van der Waals surface area contributed by atoms with E-state index in [-0.39, 0.29) is 18.6 Å². The second-order valence-corrected chi connectivity index (χ2v) is 12.9. The molecule has 9 atom stereocenters. The summed E-state index contributed by atoms with van der Waals surface area (Å²) in [6.45, 7) is 10.2. The van der Waals surface area contributed by atoms with Crippen LogP contribution in [0, 0.1) is 28.1 Å². The van der Waals surface area contributed by atoms with E-state index in [9.17, 15) is 24.3 Å². The second-order valence-electron chi connectivity index (χ2n) is 12.9. The standard InChI is InChI=1S/C29H38O10/c1-15(30)37-20(13-21(32)35-7)27(5)17-8-10-26(4)22(16-9-11-36-14-16)38-24(33)23-29(26,39-23)28(17,6)19(31)12-18(27)25(2,3)34/h9,11,14,17-18,20,22-23,34H,8,10,12-13H2,1-7H3/t17-,18+,20+,22+,23-,26+,27-,28+,29-/m1/s1. The molecule has 0 amide bonds. The van der Waals surface area contributed by atoms with Gasteiger partial charge in [-0.25, -0.2) is 4.79 Å². The maximum absolute atomic E-state index is 14.4. The highest BCUT2D eigenvalue weighted by molar-refractivity contribution is 5.93. The second kappa shape index (κ2) is 8.64. The number of rotatable bonds is 6. The molecular formula is C29H38O10. The zero-order valence-electron chi connectivity index (χ0n) is 23.6. The molecule has 2 saturated heterocycles. The van der Waals surface area contributed by atoms with Crippen molar-refractivity contribution in [3.05, 3.63) is 24.2 Å². The van der Waals surface area contributed by atoms with E-state index in [1.54, 1.807) is 19.9 Å². The fourth-order valence-electron chi connectivity index (χ4n) is 8.94. The summed E-state index contributed by atoms with van der Waals surface area (Å²) in [4.78, 5) is 52.5. The predicted octanol–water partition coefficient (Wildman–Crippen LogP) is 3.30. The lowest BCUT2D eigenvalue weighted by Crippen LogP contribution is -2.73. The fourth-order valence-corrected chi connectivity index (χ4v) is 8.94. The van der Waals surface area contributed by atoms with Crippen LogP contribution in [0.4, 0.5) is 0 Å². The fraction of sp³-hybridized carbons (Fsp3) is 0.724. The number of ether oxygens (including phenoxy) is 4. The zero-order chi connectivity index (χ0) is 28.8. The predicted molar refractivity (Wildman–Crippen MR) is 134 cm³/mol. The molecule has 2 saturated carbocycles. The molecule has 4 aliphatic rings. The molecule has 0 unspecified atom stereocenters. The summed E-state index contributed by atoms with van der Waals surface area (Å²) in [5, 5.41) is 11.4. The first-order valence-electron chi connectivity index (χ1n) is 13.5. The molecular weight excluding hydrogens is 508 g/mol. The van der Waals surface area contributed by atoms with Crippen LogP contribution in [0.2, 0.25) is 0 Å². The van der Waals surface area contributed by atoms with E-state index in [1.165, 1.54) is 26.6 Å². The lowest BCUT2D eigenvalue weighted by atomic mass is 9.37. The number of carbonyl (C=O) groups excluding carboxylic acids is 4. The summed E-state index contributed by atoms with van der Waals surface area (Å²) in [7, 11) is 1.26. The van der Waals surface area contributed by atoms with Gasteiger partial charge in [0.1, 0.15) is 23.6 Å². The summed E-state index contributed by atoms with van der Waals surface area (Å²) in [6, 6.07) is 1.75. The lowest BCUT2D eigenvalue weighted by molar-refractivity contribution is -0.240. The van der Waals surface area contributed by atoms with Crippen LogP contribution in [0.5, 0.6) is 0 Å². The van der Waals surface area contributed by atoms with Gasteiger partial charge in [-0.05, 0) is 45.6 Å². The summed E-state index contributed by atoms with van der Waals surface area (Å²) in [5.41, 5.74) is -4.89. The van der Waals surface area contributed by atoms with Crippen molar-refractivity contribution in [1.82, 2.24) is 0 Å². The molecule has 10 heteroatoms. The molecule has 0 radical (unpaired) electrons. The van der Waals surface area contributed by atoms with Crippen molar-refractivity contribution >= 4 is 23.7 Å². The first-order chi connectivity index (χ1) is 18.1. The van der Waals surface area contributed by atoms with Gasteiger partial charge in [0.25, 0.3) is 0 Å². The highest BCUT2D eigenvalue weighted by Gasteiger charge is 2.88. The van der Waals surface area contributed by atoms with Crippen LogP contribution in [0.15, 0.2) is 23.0 Å². The number of hydrogen-bond acceptors (Lipinski definition) is 10. The van der Waals surface area contributed by atoms with Gasteiger partial charge < -0.3 is 28.5 Å². The number of esters is 3. The Morgan fingerprint density at radius 1 is 1.21 bits per heavy atom. The minimum absolute atomic E-state index is 0.0503. The number of epoxide rings is 1. The largest absolute Gasteiger partial charge is 0.472 e. The smallest absolute Gasteiger partial charge is 0.339 e. The topological polar surface area (TPSA) is 142 Å². The summed E-state index contributed by atoms with van der Waals surface area (Å²) >= 11 is 0. The van der Waals surface area contributed by atoms with E-state index in [2.05, 4.69) is 0 Å². The third-order valence-electron chi connectivity index (χ3n) is 10.7. The van der Waals surface area contributed by atoms with Gasteiger partial charge in [-0.2, -0.15) is 0 Å². The van der Waals surface area contributed by atoms with Gasteiger partial charge >= 0.3 is 17.9 Å². The van der Waals surface area contributed by atoms with Crippen molar-refractivity contribution in [2.24, 2.45) is 28.1 Å². The van der Waals surface area contributed by atoms with Crippen LogP contribution in [0.3, 0.4) is 0 Å². The average molecular weight is 547 g/mol. The minimum Gasteiger partial charge on any atom is -0.472 e. The number of carbonyl (C=O) groups is 4. The van der Waals surface area contributed by atoms with Crippen LogP contribution in [0.1, 0.15) is 78.9 Å². The molecule has 0 bridgehead atoms. The number of cyclic esters (lactones) is 1. The van der Waals surface area contributed by atoms with Crippen molar-refractivity contribution < 1.29 is 47.6 Å². The Bertz CT molecular complexity index is 1200. The third-order valence-corrected chi connectivity index (χ3v) is 10.7. The monoisotopic (exact) mass is 546 g/mol. The van der Waals surface area contributed by atoms with Crippen LogP contribution < -0.4 is 0 Å². The quantitative estimate of drug-likeness (QED) is 0.321. The molecule has 5 rings (SSSR count). The maximum Gasteiger partial charge on any atom is 0.339 e. The number of furan rings is 1. The molecule has 2 aliphatic heterocycles. The molecule has 0 aromatic carbocycles. The maximum atomic E-state index is 14.4. The van der Waals surface area contributed by atoms with Crippen molar-refractivity contribution in [3.8, 4) is 0 Å². The molecule has 39 heavy (non-hydrogen) atoms. The van der Waals surface area contributed by atoms with Gasteiger partial charge in [0, 0.05) is 35.7 Å². The average Bonchev–Trinajstić information content (AvgIpc) is 3.42. The highest BCUT2D eigenvalue weighted by Crippen LogP contribution is 2.78. The Balaban J connectivity index is 1.70. The van der Waals surface area contributed by atoms with Crippen LogP contribution in [-0.2, 0) is 38.1 Å². The van der Waals surface area contributed by atoms with Crippen LogP contribution in [0.25, 0.3) is 0 Å². The number of hydrogen-bond donors (Lipinski definition) is 1. The van der Waals surface area contributed by atoms with Gasteiger partial charge in [-0.15, -0.1) is 0 Å². The van der Waals surface area contributed by atoms with E-state index in [4.69, 9.17) is 23.4 Å². The lowest BCUT2D eigenvalue weighted by Gasteiger charge is -2.66. The van der Waals surface area contributed by atoms with Crippen molar-refractivity contribution in [2.75, 3.05) is 7.11 Å². The van der Waals surface area contributed by atoms with E-state index < -0.39 is 75.5 Å². The molecule has 1 aromatic rings. The Morgan fingerprint density at radius 2 is 1.90 bits per heavy atom. The van der Waals surface area contributed by atoms with Gasteiger partial charge in [-0.1, -0.05) is 13.8 Å². The molecule has 1 N–H and O–H groups in total. The third kappa shape index (κ3) is 3.53. The van der Waals surface area contributed by atoms with Crippen LogP contribution in [-0.4, -0.2) is 59.3 Å². The molecule has 2 aliphatic carbocycles. The van der Waals surface area contributed by atoms with Crippen molar-refractivity contribution in [1.29, 1.82) is 0 Å². The SMILES string of the molecule is COC(=O)C[C@H](OC(C)=O)[C@]1(C)[C@H]2CC[C@@]3(C)[C@H](c4ccoc4)OC(=O)[C@H]4O[C@]43[C@]2(C)C(=O)C[C@H]1C(C)(C)O. The van der Waals surface area contributed by atoms with Crippen LogP contribution >= 0.6 is 0 Å². The first-order valence-corrected chi connectivity index (χ1v) is 13.5. The number of fused-ring (bicyclic) bond motifs is 1. The zero-order valence-corrected chi connectivity index (χ0v) is 23.6. The van der Waals surface area contributed by atoms with E-state index >= 15 is 0 Å². The van der Waals surface area contributed by atoms with Gasteiger partial charge in [0.15, 0.2) is 6.10 Å². The normalized spacial score (nSPS) is 41.8. The number of ketones is 1. The number of methoxy groups -OCH3 is 1. The summed E-state index contributed by atoms with van der Waals surface area (Å²) in [6.07, 6.45) is 1.14. The summed E-state index contributed by atoms with van der Waals surface area (Å²) in [5.74, 6) is -3.00. The first kappa shape index (κ1) is 27.8. The highest BCUT2D eigenvalue weighted by atomic mass is 16.7. The number of aliphatic hydroxyl groups is 1. The Kier molecular flexibility index (Phi) is 6.16. The van der Waals surface area contributed by atoms with E-state index in [1.807, 2.05) is 20.8 Å². The molecule has 4 fully saturated rings. The molecule has 10 nitrogen and oxygen atoms in total. The Labute approximate surface area is 227 Å². The Morgan fingerprint density at radius 3 is 2.46 bits per heavy atom. The van der Waals surface area contributed by atoms with Gasteiger partial charge in [-0.3, -0.25) is 14.4 Å². The van der Waals surface area contributed by atoms with E-state index in [0.717, 1.165) is 0 Å². The molecule has 214 valence electrons. The molecule has 1 aromatic heterocycles. The minimum atomic E-state index is -1.35. The molecule has 3 heterocycles. The van der Waals surface area contributed by atoms with Crippen molar-refractivity contribution in [2.45, 2.75) is 96.7 Å². The van der Waals surface area contributed by atoms with Gasteiger partial charge in [0.05, 0.1) is 37.1 Å². The van der Waals surface area contributed by atoms with Crippen molar-refractivity contribution in [3.63, 3.8) is 0 Å². The van der Waals surface area contributed by atoms with Gasteiger partial charge in [0.2, 0.25) is 0 Å². The number of Topliss-reactive ketones (excluding diaryl/α,β-unsaturated/α-hetero) is 1. The summed E-state index contributed by atoms with van der Waals surface area (Å²) < 4.78 is 28.3. The molecule has 1 spiro atoms.